The van der Waals surface area contributed by atoms with Crippen LogP contribution < -0.4 is 5.32 Å². The molecule has 3 aromatic rings. The van der Waals surface area contributed by atoms with Crippen LogP contribution in [-0.4, -0.2) is 21.5 Å². The molecule has 0 bridgehead atoms. The molecule has 132 valence electrons. The van der Waals surface area contributed by atoms with Gasteiger partial charge in [0.2, 0.25) is 0 Å². The normalized spacial score (nSPS) is 10.6. The van der Waals surface area contributed by atoms with Crippen LogP contribution in [0.25, 0.3) is 5.69 Å². The number of hydrogen-bond donors (Lipinski definition) is 1. The lowest BCUT2D eigenvalue weighted by atomic mass is 10.1. The first-order chi connectivity index (χ1) is 12.4. The second kappa shape index (κ2) is 6.96. The molecule has 1 N–H and O–H groups in total. The Morgan fingerprint density at radius 3 is 1.96 bits per heavy atom. The van der Waals surface area contributed by atoms with Crippen LogP contribution in [0.2, 0.25) is 0 Å². The fourth-order valence-corrected chi connectivity index (χ4v) is 2.79. The van der Waals surface area contributed by atoms with Gasteiger partial charge in [0.25, 0.3) is 5.91 Å². The summed E-state index contributed by atoms with van der Waals surface area (Å²) in [6, 6.07) is 15.3. The molecule has 0 unspecified atom stereocenters. The van der Waals surface area contributed by atoms with Gasteiger partial charge in [-0.1, -0.05) is 35.4 Å². The summed E-state index contributed by atoms with van der Waals surface area (Å²) in [5.41, 5.74) is 4.83. The van der Waals surface area contributed by atoms with Crippen molar-refractivity contribution in [2.75, 3.05) is 5.32 Å². The van der Waals surface area contributed by atoms with Crippen LogP contribution in [0.15, 0.2) is 48.5 Å². The van der Waals surface area contributed by atoms with Gasteiger partial charge in [-0.2, -0.15) is 5.10 Å². The average molecular weight is 347 g/mol. The van der Waals surface area contributed by atoms with Crippen LogP contribution >= 0.6 is 0 Å². The molecule has 3 rings (SSSR count). The smallest absolute Gasteiger partial charge is 0.259 e. The van der Waals surface area contributed by atoms with E-state index >= 15 is 0 Å². The minimum Gasteiger partial charge on any atom is -0.322 e. The van der Waals surface area contributed by atoms with Gasteiger partial charge in [0, 0.05) is 12.6 Å². The lowest BCUT2D eigenvalue weighted by Gasteiger charge is -2.07. The largest absolute Gasteiger partial charge is 0.322 e. The van der Waals surface area contributed by atoms with E-state index in [1.165, 1.54) is 6.92 Å². The number of benzene rings is 2. The van der Waals surface area contributed by atoms with Gasteiger partial charge in [-0.25, -0.2) is 4.68 Å². The van der Waals surface area contributed by atoms with Gasteiger partial charge in [-0.3, -0.25) is 9.59 Å². The Morgan fingerprint density at radius 1 is 0.885 bits per heavy atom. The Kier molecular flexibility index (Phi) is 4.71. The van der Waals surface area contributed by atoms with E-state index in [2.05, 4.69) is 10.4 Å². The Balaban J connectivity index is 2.02. The molecule has 5 heteroatoms. The number of nitrogens with zero attached hydrogens (tertiary/aromatic N) is 2. The van der Waals surface area contributed by atoms with E-state index in [9.17, 15) is 9.59 Å². The summed E-state index contributed by atoms with van der Waals surface area (Å²) in [6.45, 7) is 7.20. The highest BCUT2D eigenvalue weighted by Crippen LogP contribution is 2.21. The predicted octanol–water partition coefficient (Wildman–Crippen LogP) is 4.25. The molecule has 0 fully saturated rings. The number of ketones is 1. The highest BCUT2D eigenvalue weighted by atomic mass is 16.2. The predicted molar refractivity (Wildman–Crippen MR) is 102 cm³/mol. The topological polar surface area (TPSA) is 64.0 Å². The second-order valence-corrected chi connectivity index (χ2v) is 6.43. The third-order valence-electron chi connectivity index (χ3n) is 4.26. The van der Waals surface area contributed by atoms with Gasteiger partial charge >= 0.3 is 0 Å². The number of rotatable bonds is 4. The third-order valence-corrected chi connectivity index (χ3v) is 4.26. The fourth-order valence-electron chi connectivity index (χ4n) is 2.79. The zero-order valence-corrected chi connectivity index (χ0v) is 15.3. The minimum absolute atomic E-state index is 0.174. The maximum atomic E-state index is 12.8. The number of amides is 1. The summed E-state index contributed by atoms with van der Waals surface area (Å²) in [5.74, 6) is -0.581. The highest BCUT2D eigenvalue weighted by Gasteiger charge is 2.24. The molecule has 0 atom stereocenters. The quantitative estimate of drug-likeness (QED) is 0.718. The first kappa shape index (κ1) is 17.6. The molecule has 0 saturated heterocycles. The molecule has 0 saturated carbocycles. The molecule has 0 spiro atoms. The summed E-state index contributed by atoms with van der Waals surface area (Å²) < 4.78 is 1.64. The highest BCUT2D eigenvalue weighted by molar-refractivity contribution is 6.12. The summed E-state index contributed by atoms with van der Waals surface area (Å²) in [7, 11) is 0. The first-order valence-corrected chi connectivity index (χ1v) is 8.42. The number of hydrogen-bond acceptors (Lipinski definition) is 3. The molecule has 0 radical (unpaired) electrons. The molecule has 1 aromatic heterocycles. The number of anilines is 1. The molecular weight excluding hydrogens is 326 g/mol. The van der Waals surface area contributed by atoms with Gasteiger partial charge in [-0.15, -0.1) is 0 Å². The first-order valence-electron chi connectivity index (χ1n) is 8.42. The minimum atomic E-state index is -0.338. The summed E-state index contributed by atoms with van der Waals surface area (Å²) in [4.78, 5) is 24.9. The average Bonchev–Trinajstić information content (AvgIpc) is 2.95. The summed E-state index contributed by atoms with van der Waals surface area (Å²) >= 11 is 0. The van der Waals surface area contributed by atoms with E-state index in [1.54, 1.807) is 11.6 Å². The van der Waals surface area contributed by atoms with Crippen molar-refractivity contribution >= 4 is 17.4 Å². The number of carbonyl (C=O) groups excluding carboxylic acids is 2. The lowest BCUT2D eigenvalue weighted by Crippen LogP contribution is -2.16. The van der Waals surface area contributed by atoms with E-state index in [-0.39, 0.29) is 17.4 Å². The van der Waals surface area contributed by atoms with Crippen molar-refractivity contribution < 1.29 is 9.59 Å². The maximum absolute atomic E-state index is 12.8. The van der Waals surface area contributed by atoms with Gasteiger partial charge in [0.1, 0.15) is 5.69 Å². The zero-order chi connectivity index (χ0) is 18.8. The van der Waals surface area contributed by atoms with E-state index in [0.29, 0.717) is 16.9 Å². The fraction of sp³-hybridized carbons (Fsp3) is 0.190. The van der Waals surface area contributed by atoms with Crippen molar-refractivity contribution in [2.24, 2.45) is 0 Å². The molecular formula is C21H21N3O2. The van der Waals surface area contributed by atoms with Crippen molar-refractivity contribution in [3.05, 3.63) is 76.6 Å². The summed E-state index contributed by atoms with van der Waals surface area (Å²) in [5, 5.41) is 7.24. The van der Waals surface area contributed by atoms with Crippen molar-refractivity contribution in [3.63, 3.8) is 0 Å². The Labute approximate surface area is 152 Å². The van der Waals surface area contributed by atoms with Crippen LogP contribution in [-0.2, 0) is 0 Å². The molecule has 0 aliphatic carbocycles. The molecule has 1 amide bonds. The van der Waals surface area contributed by atoms with Crippen molar-refractivity contribution in [1.82, 2.24) is 9.78 Å². The number of aryl methyl sites for hydroxylation is 2. The standard InChI is InChI=1S/C21H21N3O2/c1-13-5-9-17(10-6-13)22-21(26)19-15(3)24(23-20(19)16(4)25)18-11-7-14(2)8-12-18/h5-12H,1-4H3,(H,22,26). The SMILES string of the molecule is CC(=O)c1nn(-c2ccc(C)cc2)c(C)c1C(=O)Nc1ccc(C)cc1. The van der Waals surface area contributed by atoms with E-state index in [1.807, 2.05) is 62.4 Å². The summed E-state index contributed by atoms with van der Waals surface area (Å²) in [6.07, 6.45) is 0. The van der Waals surface area contributed by atoms with Crippen LogP contribution in [0.1, 0.15) is 44.6 Å². The van der Waals surface area contributed by atoms with Gasteiger partial charge in [0.05, 0.1) is 16.9 Å². The zero-order valence-electron chi connectivity index (χ0n) is 15.3. The molecule has 1 heterocycles. The third kappa shape index (κ3) is 3.42. The monoisotopic (exact) mass is 347 g/mol. The van der Waals surface area contributed by atoms with E-state index in [0.717, 1.165) is 16.8 Å². The van der Waals surface area contributed by atoms with E-state index < -0.39 is 0 Å². The van der Waals surface area contributed by atoms with Gasteiger partial charge in [0.15, 0.2) is 5.78 Å². The van der Waals surface area contributed by atoms with Crippen LogP contribution in [0.5, 0.6) is 0 Å². The maximum Gasteiger partial charge on any atom is 0.259 e. The van der Waals surface area contributed by atoms with Crippen LogP contribution in [0.4, 0.5) is 5.69 Å². The van der Waals surface area contributed by atoms with Gasteiger partial charge in [-0.05, 0) is 45.0 Å². The van der Waals surface area contributed by atoms with Crippen molar-refractivity contribution in [3.8, 4) is 5.69 Å². The molecule has 0 aliphatic heterocycles. The molecule has 0 aliphatic rings. The van der Waals surface area contributed by atoms with Crippen LogP contribution in [0.3, 0.4) is 0 Å². The van der Waals surface area contributed by atoms with Crippen LogP contribution in [0, 0.1) is 20.8 Å². The molecule has 5 nitrogen and oxygen atoms in total. The van der Waals surface area contributed by atoms with Crippen molar-refractivity contribution in [2.45, 2.75) is 27.7 Å². The Morgan fingerprint density at radius 2 is 1.42 bits per heavy atom. The molecule has 2 aromatic carbocycles. The Hall–Kier alpha value is -3.21. The number of Topliss-reactive ketones (excluding diaryl/α,β-unsaturated/α-hetero) is 1. The van der Waals surface area contributed by atoms with Gasteiger partial charge < -0.3 is 5.32 Å². The Bertz CT molecular complexity index is 968. The van der Waals surface area contributed by atoms with Crippen molar-refractivity contribution in [1.29, 1.82) is 0 Å². The number of aromatic nitrogens is 2. The number of nitrogens with one attached hydrogen (secondary N) is 1. The lowest BCUT2D eigenvalue weighted by molar-refractivity contribution is 0.0982. The van der Waals surface area contributed by atoms with E-state index in [4.69, 9.17) is 0 Å². The second-order valence-electron chi connectivity index (χ2n) is 6.43. The molecule has 26 heavy (non-hydrogen) atoms. The number of carbonyl (C=O) groups is 2.